The van der Waals surface area contributed by atoms with Crippen LogP contribution < -0.4 is 14.8 Å². The molecule has 1 aliphatic heterocycles. The fourth-order valence-corrected chi connectivity index (χ4v) is 4.73. The van der Waals surface area contributed by atoms with Crippen molar-refractivity contribution >= 4 is 17.7 Å². The summed E-state index contributed by atoms with van der Waals surface area (Å²) < 4.78 is 21.8. The Kier molecular flexibility index (Phi) is 7.69. The van der Waals surface area contributed by atoms with Gasteiger partial charge in [-0.15, -0.1) is 0 Å². The number of carbonyl (C=O) groups excluding carboxylic acids is 3. The van der Waals surface area contributed by atoms with E-state index in [4.69, 9.17) is 18.9 Å². The van der Waals surface area contributed by atoms with Crippen molar-refractivity contribution in [2.75, 3.05) is 21.3 Å². The maximum Gasteiger partial charge on any atom is 0.337 e. The Morgan fingerprint density at radius 1 is 1.18 bits per heavy atom. The molecule has 1 N–H and O–H groups in total. The molecule has 1 heterocycles. The van der Waals surface area contributed by atoms with E-state index in [1.165, 1.54) is 21.3 Å². The molecule has 0 bridgehead atoms. The molecule has 0 spiro atoms. The number of hydrogen-bond donors (Lipinski definition) is 1. The minimum atomic E-state index is -0.963. The zero-order valence-corrected chi connectivity index (χ0v) is 20.8. The Hall–Kier alpha value is -3.29. The lowest BCUT2D eigenvalue weighted by Gasteiger charge is -2.38. The van der Waals surface area contributed by atoms with E-state index in [2.05, 4.69) is 5.32 Å². The molecular formula is C26H33NO7. The molecule has 184 valence electrons. The lowest BCUT2D eigenvalue weighted by atomic mass is 9.69. The maximum absolute atomic E-state index is 13.8. The van der Waals surface area contributed by atoms with Crippen LogP contribution in [0.2, 0.25) is 0 Å². The van der Waals surface area contributed by atoms with Crippen LogP contribution >= 0.6 is 0 Å². The topological polar surface area (TPSA) is 100 Å². The molecule has 4 atom stereocenters. The second kappa shape index (κ2) is 10.3. The molecular weight excluding hydrogens is 438 g/mol. The summed E-state index contributed by atoms with van der Waals surface area (Å²) in [6.45, 7) is 7.38. The second-order valence-electron chi connectivity index (χ2n) is 8.74. The van der Waals surface area contributed by atoms with Gasteiger partial charge in [-0.05, 0) is 38.7 Å². The van der Waals surface area contributed by atoms with Crippen LogP contribution in [0.3, 0.4) is 0 Å². The molecule has 0 aromatic heterocycles. The normalized spacial score (nSPS) is 23.0. The Morgan fingerprint density at radius 2 is 1.88 bits per heavy atom. The second-order valence-corrected chi connectivity index (χ2v) is 8.74. The number of para-hydroxylation sites is 1. The third-order valence-electron chi connectivity index (χ3n) is 6.59. The summed E-state index contributed by atoms with van der Waals surface area (Å²) in [5.74, 6) is -2.64. The number of carbonyl (C=O) groups is 3. The van der Waals surface area contributed by atoms with E-state index in [1.54, 1.807) is 25.1 Å². The van der Waals surface area contributed by atoms with Crippen LogP contribution in [0.5, 0.6) is 11.5 Å². The Balaban J connectivity index is 2.26. The van der Waals surface area contributed by atoms with Crippen molar-refractivity contribution in [2.45, 2.75) is 52.6 Å². The number of methoxy groups -OCH3 is 3. The van der Waals surface area contributed by atoms with Crippen molar-refractivity contribution in [3.05, 3.63) is 46.3 Å². The smallest absolute Gasteiger partial charge is 0.337 e. The summed E-state index contributed by atoms with van der Waals surface area (Å²) in [5.41, 5.74) is 2.51. The van der Waals surface area contributed by atoms with Gasteiger partial charge in [0.2, 0.25) is 0 Å². The van der Waals surface area contributed by atoms with Gasteiger partial charge < -0.3 is 24.3 Å². The van der Waals surface area contributed by atoms with Gasteiger partial charge in [-0.1, -0.05) is 26.0 Å². The van der Waals surface area contributed by atoms with Crippen LogP contribution in [0.4, 0.5) is 0 Å². The van der Waals surface area contributed by atoms with Gasteiger partial charge in [0.25, 0.3) is 0 Å². The molecule has 0 saturated carbocycles. The molecule has 0 unspecified atom stereocenters. The number of benzene rings is 1. The van der Waals surface area contributed by atoms with Gasteiger partial charge in [0.15, 0.2) is 17.3 Å². The zero-order chi connectivity index (χ0) is 25.2. The standard InChI is InChI=1S/C26H33NO7/c1-8-14(3)34-26(30)20-15(4)27-17-12-13(2)19(25(29)33-7)23(28)22(17)21(20)16-10-9-11-18(31-5)24(16)32-6/h9-11,13-14,19,21,27H,8,12H2,1-7H3/t13-,14+,19-,21+/m1/s1. The number of esters is 2. The molecule has 0 radical (unpaired) electrons. The SMILES string of the molecule is CC[C@H](C)OC(=O)C1=C(C)NC2=C(C(=O)[C@H](C(=O)OC)[C@H](C)C2)[C@H]1c1cccc(OC)c1OC. The van der Waals surface area contributed by atoms with Crippen LogP contribution in [0.25, 0.3) is 0 Å². The van der Waals surface area contributed by atoms with Crippen molar-refractivity contribution in [1.29, 1.82) is 0 Å². The highest BCUT2D eigenvalue weighted by Gasteiger charge is 2.48. The highest BCUT2D eigenvalue weighted by Crippen LogP contribution is 2.49. The molecule has 34 heavy (non-hydrogen) atoms. The zero-order valence-electron chi connectivity index (χ0n) is 20.8. The average molecular weight is 472 g/mol. The number of hydrogen-bond acceptors (Lipinski definition) is 8. The predicted octanol–water partition coefficient (Wildman–Crippen LogP) is 3.66. The summed E-state index contributed by atoms with van der Waals surface area (Å²) >= 11 is 0. The first kappa shape index (κ1) is 25.3. The van der Waals surface area contributed by atoms with E-state index in [0.717, 1.165) is 0 Å². The third-order valence-corrected chi connectivity index (χ3v) is 6.59. The third kappa shape index (κ3) is 4.41. The fraction of sp³-hybridized carbons (Fsp3) is 0.500. The molecule has 0 saturated heterocycles. The largest absolute Gasteiger partial charge is 0.493 e. The number of nitrogens with one attached hydrogen (secondary N) is 1. The monoisotopic (exact) mass is 471 g/mol. The molecule has 2 aliphatic rings. The van der Waals surface area contributed by atoms with E-state index in [0.29, 0.717) is 52.4 Å². The van der Waals surface area contributed by atoms with Gasteiger partial charge in [-0.2, -0.15) is 0 Å². The number of allylic oxidation sites excluding steroid dienone is 3. The van der Waals surface area contributed by atoms with Crippen molar-refractivity contribution in [1.82, 2.24) is 5.32 Å². The van der Waals surface area contributed by atoms with Gasteiger partial charge in [0.05, 0.1) is 38.9 Å². The summed E-state index contributed by atoms with van der Waals surface area (Å²) in [5, 5.41) is 3.26. The molecule has 8 nitrogen and oxygen atoms in total. The Morgan fingerprint density at radius 3 is 2.47 bits per heavy atom. The number of dihydropyridines is 1. The first-order valence-corrected chi connectivity index (χ1v) is 11.4. The van der Waals surface area contributed by atoms with Crippen molar-refractivity contribution < 1.29 is 33.3 Å². The molecule has 1 aromatic rings. The van der Waals surface area contributed by atoms with E-state index in [-0.39, 0.29) is 17.8 Å². The van der Waals surface area contributed by atoms with E-state index in [9.17, 15) is 14.4 Å². The first-order valence-electron chi connectivity index (χ1n) is 11.4. The van der Waals surface area contributed by atoms with Gasteiger partial charge >= 0.3 is 11.9 Å². The number of Topliss-reactive ketones (excluding diaryl/α,β-unsaturated/α-hetero) is 1. The number of ether oxygens (including phenoxy) is 4. The van der Waals surface area contributed by atoms with Crippen molar-refractivity contribution in [3.8, 4) is 11.5 Å². The van der Waals surface area contributed by atoms with Crippen molar-refractivity contribution in [2.24, 2.45) is 11.8 Å². The van der Waals surface area contributed by atoms with Crippen LogP contribution in [-0.2, 0) is 23.9 Å². The predicted molar refractivity (Wildman–Crippen MR) is 125 cm³/mol. The van der Waals surface area contributed by atoms with Gasteiger partial charge in [0.1, 0.15) is 5.92 Å². The molecule has 8 heteroatoms. The molecule has 3 rings (SSSR count). The Labute approximate surface area is 200 Å². The highest BCUT2D eigenvalue weighted by molar-refractivity contribution is 6.12. The lowest BCUT2D eigenvalue weighted by Crippen LogP contribution is -2.43. The minimum absolute atomic E-state index is 0.263. The molecule has 1 aliphatic carbocycles. The quantitative estimate of drug-likeness (QED) is 0.475. The van der Waals surface area contributed by atoms with Crippen LogP contribution in [0.1, 0.15) is 52.0 Å². The van der Waals surface area contributed by atoms with Crippen LogP contribution in [0.15, 0.2) is 40.7 Å². The van der Waals surface area contributed by atoms with E-state index >= 15 is 0 Å². The van der Waals surface area contributed by atoms with Gasteiger partial charge in [-0.3, -0.25) is 9.59 Å². The number of rotatable bonds is 7. The van der Waals surface area contributed by atoms with E-state index < -0.39 is 23.8 Å². The van der Waals surface area contributed by atoms with E-state index in [1.807, 2.05) is 20.8 Å². The fourth-order valence-electron chi connectivity index (χ4n) is 4.73. The summed E-state index contributed by atoms with van der Waals surface area (Å²) in [6, 6.07) is 5.32. The lowest BCUT2D eigenvalue weighted by molar-refractivity contribution is -0.151. The van der Waals surface area contributed by atoms with Crippen LogP contribution in [-0.4, -0.2) is 45.2 Å². The minimum Gasteiger partial charge on any atom is -0.493 e. The summed E-state index contributed by atoms with van der Waals surface area (Å²) in [7, 11) is 4.30. The highest BCUT2D eigenvalue weighted by atomic mass is 16.5. The molecule has 0 amide bonds. The molecule has 0 fully saturated rings. The van der Waals surface area contributed by atoms with Gasteiger partial charge in [0, 0.05) is 22.5 Å². The Bertz CT molecular complexity index is 1060. The van der Waals surface area contributed by atoms with Crippen LogP contribution in [0, 0.1) is 11.8 Å². The van der Waals surface area contributed by atoms with Gasteiger partial charge in [-0.25, -0.2) is 4.79 Å². The first-order chi connectivity index (χ1) is 16.2. The summed E-state index contributed by atoms with van der Waals surface area (Å²) in [4.78, 5) is 39.8. The average Bonchev–Trinajstić information content (AvgIpc) is 2.81. The number of ketones is 1. The molecule has 1 aromatic carbocycles. The maximum atomic E-state index is 13.8. The van der Waals surface area contributed by atoms with Crippen molar-refractivity contribution in [3.63, 3.8) is 0 Å². The summed E-state index contributed by atoms with van der Waals surface area (Å²) in [6.07, 6.45) is 0.795.